The lowest BCUT2D eigenvalue weighted by Gasteiger charge is -2.14. The summed E-state index contributed by atoms with van der Waals surface area (Å²) in [6, 6.07) is 17.8. The first-order chi connectivity index (χ1) is 12.9. The lowest BCUT2D eigenvalue weighted by atomic mass is 10.1. The molecule has 0 spiro atoms. The quantitative estimate of drug-likeness (QED) is 0.600. The molecule has 3 aromatic rings. The Morgan fingerprint density at radius 1 is 0.963 bits per heavy atom. The molecule has 0 aliphatic heterocycles. The SMILES string of the molecule is Cc1ccc(C(=O)NC(C)c2ccc(Cl)s2)cc1NC(=O)c1ccccc1. The first-order valence-corrected chi connectivity index (χ1v) is 9.66. The van der Waals surface area contributed by atoms with Gasteiger partial charge in [-0.3, -0.25) is 9.59 Å². The van der Waals surface area contributed by atoms with Crippen molar-refractivity contribution in [1.29, 1.82) is 0 Å². The minimum Gasteiger partial charge on any atom is -0.345 e. The van der Waals surface area contributed by atoms with E-state index in [2.05, 4.69) is 10.6 Å². The Balaban J connectivity index is 1.74. The number of hydrogen-bond acceptors (Lipinski definition) is 3. The first kappa shape index (κ1) is 19.1. The molecule has 3 rings (SSSR count). The maximum atomic E-state index is 12.6. The molecule has 0 radical (unpaired) electrons. The lowest BCUT2D eigenvalue weighted by molar-refractivity contribution is 0.0939. The summed E-state index contributed by atoms with van der Waals surface area (Å²) in [5, 5.41) is 5.83. The van der Waals surface area contributed by atoms with Crippen molar-refractivity contribution in [3.63, 3.8) is 0 Å². The second kappa shape index (κ2) is 8.37. The molecule has 27 heavy (non-hydrogen) atoms. The van der Waals surface area contributed by atoms with Gasteiger partial charge in [0.15, 0.2) is 0 Å². The molecule has 0 bridgehead atoms. The number of carbonyl (C=O) groups excluding carboxylic acids is 2. The van der Waals surface area contributed by atoms with E-state index in [1.165, 1.54) is 11.3 Å². The van der Waals surface area contributed by atoms with Crippen LogP contribution < -0.4 is 10.6 Å². The van der Waals surface area contributed by atoms with Crippen LogP contribution in [0.2, 0.25) is 4.34 Å². The van der Waals surface area contributed by atoms with Crippen LogP contribution in [-0.2, 0) is 0 Å². The van der Waals surface area contributed by atoms with Gasteiger partial charge < -0.3 is 10.6 Å². The van der Waals surface area contributed by atoms with Crippen molar-refractivity contribution in [2.24, 2.45) is 0 Å². The minimum absolute atomic E-state index is 0.154. The lowest BCUT2D eigenvalue weighted by Crippen LogP contribution is -2.26. The summed E-state index contributed by atoms with van der Waals surface area (Å²) in [5.41, 5.74) is 2.55. The number of rotatable bonds is 5. The molecule has 1 aromatic heterocycles. The normalized spacial score (nSPS) is 11.7. The maximum absolute atomic E-state index is 12.6. The molecule has 4 nitrogen and oxygen atoms in total. The summed E-state index contributed by atoms with van der Waals surface area (Å²) in [7, 11) is 0. The largest absolute Gasteiger partial charge is 0.345 e. The fraction of sp³-hybridized carbons (Fsp3) is 0.143. The summed E-state index contributed by atoms with van der Waals surface area (Å²) >= 11 is 7.40. The molecule has 1 unspecified atom stereocenters. The van der Waals surface area contributed by atoms with Gasteiger partial charge in [0.05, 0.1) is 10.4 Å². The second-order valence-electron chi connectivity index (χ2n) is 6.19. The Morgan fingerprint density at radius 2 is 1.70 bits per heavy atom. The van der Waals surface area contributed by atoms with Crippen LogP contribution in [0.5, 0.6) is 0 Å². The van der Waals surface area contributed by atoms with Gasteiger partial charge in [-0.1, -0.05) is 35.9 Å². The molecule has 2 N–H and O–H groups in total. The Hall–Kier alpha value is -2.63. The van der Waals surface area contributed by atoms with E-state index in [1.807, 2.05) is 50.2 Å². The van der Waals surface area contributed by atoms with Crippen LogP contribution in [0.15, 0.2) is 60.7 Å². The topological polar surface area (TPSA) is 58.2 Å². The van der Waals surface area contributed by atoms with Crippen LogP contribution >= 0.6 is 22.9 Å². The third-order valence-electron chi connectivity index (χ3n) is 4.15. The van der Waals surface area contributed by atoms with Gasteiger partial charge in [0.1, 0.15) is 0 Å². The van der Waals surface area contributed by atoms with E-state index in [0.717, 1.165) is 10.4 Å². The van der Waals surface area contributed by atoms with E-state index >= 15 is 0 Å². The van der Waals surface area contributed by atoms with E-state index in [0.29, 0.717) is 21.2 Å². The number of nitrogens with one attached hydrogen (secondary N) is 2. The molecule has 0 aliphatic rings. The zero-order valence-electron chi connectivity index (χ0n) is 15.0. The standard InChI is InChI=1S/C21H19ClN2O2S/c1-13-8-9-16(21(26)23-14(2)18-10-11-19(22)27-18)12-17(13)24-20(25)15-6-4-3-5-7-15/h3-12,14H,1-2H3,(H,23,26)(H,24,25). The minimum atomic E-state index is -0.210. The average Bonchev–Trinajstić information content (AvgIpc) is 3.10. The van der Waals surface area contributed by atoms with Crippen LogP contribution in [0.25, 0.3) is 0 Å². The molecule has 1 atom stereocenters. The van der Waals surface area contributed by atoms with Crippen molar-refractivity contribution in [1.82, 2.24) is 5.32 Å². The number of carbonyl (C=O) groups is 2. The predicted molar refractivity (Wildman–Crippen MR) is 111 cm³/mol. The number of thiophene rings is 1. The van der Waals surface area contributed by atoms with Crippen molar-refractivity contribution in [2.45, 2.75) is 19.9 Å². The van der Waals surface area contributed by atoms with Gasteiger partial charge >= 0.3 is 0 Å². The molecule has 138 valence electrons. The average molecular weight is 399 g/mol. The summed E-state index contributed by atoms with van der Waals surface area (Å²) in [5.74, 6) is -0.417. The summed E-state index contributed by atoms with van der Waals surface area (Å²) in [6.45, 7) is 3.80. The van der Waals surface area contributed by atoms with Crippen LogP contribution in [-0.4, -0.2) is 11.8 Å². The highest BCUT2D eigenvalue weighted by atomic mass is 35.5. The van der Waals surface area contributed by atoms with Crippen molar-refractivity contribution >= 4 is 40.4 Å². The highest BCUT2D eigenvalue weighted by Crippen LogP contribution is 2.27. The molecule has 2 amide bonds. The fourth-order valence-electron chi connectivity index (χ4n) is 2.59. The summed E-state index contributed by atoms with van der Waals surface area (Å²) < 4.78 is 0.687. The number of amides is 2. The predicted octanol–water partition coefficient (Wildman–Crippen LogP) is 5.45. The number of anilines is 1. The fourth-order valence-corrected chi connectivity index (χ4v) is 3.66. The van der Waals surface area contributed by atoms with E-state index in [1.54, 1.807) is 24.3 Å². The first-order valence-electron chi connectivity index (χ1n) is 8.47. The highest BCUT2D eigenvalue weighted by Gasteiger charge is 2.15. The van der Waals surface area contributed by atoms with Gasteiger partial charge in [-0.15, -0.1) is 11.3 Å². The number of halogens is 1. The van der Waals surface area contributed by atoms with E-state index in [9.17, 15) is 9.59 Å². The van der Waals surface area contributed by atoms with Gasteiger partial charge in [0.2, 0.25) is 0 Å². The molecular formula is C21H19ClN2O2S. The molecule has 0 saturated carbocycles. The van der Waals surface area contributed by atoms with Crippen molar-refractivity contribution < 1.29 is 9.59 Å². The maximum Gasteiger partial charge on any atom is 0.255 e. The Labute approximate surface area is 167 Å². The van der Waals surface area contributed by atoms with Crippen LogP contribution in [0.1, 0.15) is 44.1 Å². The number of hydrogen-bond donors (Lipinski definition) is 2. The van der Waals surface area contributed by atoms with Gasteiger partial charge in [-0.05, 0) is 55.8 Å². The van der Waals surface area contributed by atoms with Gasteiger partial charge in [0, 0.05) is 21.7 Å². The molecule has 6 heteroatoms. The Bertz CT molecular complexity index is 969. The molecule has 1 heterocycles. The third kappa shape index (κ3) is 4.76. The molecular weight excluding hydrogens is 380 g/mol. The summed E-state index contributed by atoms with van der Waals surface area (Å²) in [4.78, 5) is 26.0. The van der Waals surface area contributed by atoms with E-state index in [-0.39, 0.29) is 17.9 Å². The van der Waals surface area contributed by atoms with Gasteiger partial charge in [-0.25, -0.2) is 0 Å². The van der Waals surface area contributed by atoms with Crippen molar-refractivity contribution in [3.05, 3.63) is 86.6 Å². The monoisotopic (exact) mass is 398 g/mol. The molecule has 0 saturated heterocycles. The zero-order valence-corrected chi connectivity index (χ0v) is 16.5. The third-order valence-corrected chi connectivity index (χ3v) is 5.57. The molecule has 2 aromatic carbocycles. The second-order valence-corrected chi connectivity index (χ2v) is 7.93. The number of aryl methyl sites for hydroxylation is 1. The van der Waals surface area contributed by atoms with Gasteiger partial charge in [-0.2, -0.15) is 0 Å². The smallest absolute Gasteiger partial charge is 0.255 e. The Kier molecular flexibility index (Phi) is 5.94. The molecule has 0 fully saturated rings. The highest BCUT2D eigenvalue weighted by molar-refractivity contribution is 7.16. The number of benzene rings is 2. The Morgan fingerprint density at radius 3 is 2.37 bits per heavy atom. The van der Waals surface area contributed by atoms with Crippen LogP contribution in [0.4, 0.5) is 5.69 Å². The van der Waals surface area contributed by atoms with Gasteiger partial charge in [0.25, 0.3) is 11.8 Å². The summed E-state index contributed by atoms with van der Waals surface area (Å²) in [6.07, 6.45) is 0. The van der Waals surface area contributed by atoms with E-state index < -0.39 is 0 Å². The molecule has 0 aliphatic carbocycles. The van der Waals surface area contributed by atoms with E-state index in [4.69, 9.17) is 11.6 Å². The van der Waals surface area contributed by atoms with Crippen LogP contribution in [0, 0.1) is 6.92 Å². The van der Waals surface area contributed by atoms with Crippen molar-refractivity contribution in [2.75, 3.05) is 5.32 Å². The zero-order chi connectivity index (χ0) is 19.4. The van der Waals surface area contributed by atoms with Crippen LogP contribution in [0.3, 0.4) is 0 Å². The van der Waals surface area contributed by atoms with Crippen molar-refractivity contribution in [3.8, 4) is 0 Å².